The molecule has 2 aliphatic heterocycles. The number of amides is 1. The maximum atomic E-state index is 13.6. The number of thioether (sulfide) groups is 1. The van der Waals surface area contributed by atoms with Crippen LogP contribution in [0, 0.1) is 5.92 Å². The molecule has 2 aromatic rings. The summed E-state index contributed by atoms with van der Waals surface area (Å²) >= 11 is 1.56. The van der Waals surface area contributed by atoms with Crippen molar-refractivity contribution in [1.29, 1.82) is 0 Å². The van der Waals surface area contributed by atoms with Crippen molar-refractivity contribution in [2.45, 2.75) is 29.7 Å². The first kappa shape index (κ1) is 23.3. The molecule has 2 aliphatic rings. The van der Waals surface area contributed by atoms with Crippen LogP contribution in [-0.2, 0) is 26.1 Å². The second-order valence-electron chi connectivity index (χ2n) is 8.08. The topological polar surface area (TPSA) is 92.1 Å². The molecular formula is C22H29N3O5S2. The fraction of sp³-hybridized carbons (Fsp3) is 0.500. The van der Waals surface area contributed by atoms with Gasteiger partial charge in [0, 0.05) is 36.2 Å². The molecular weight excluding hydrogens is 450 g/mol. The molecule has 1 fully saturated rings. The summed E-state index contributed by atoms with van der Waals surface area (Å²) in [6, 6.07) is 8.51. The van der Waals surface area contributed by atoms with Crippen molar-refractivity contribution < 1.29 is 22.4 Å². The van der Waals surface area contributed by atoms with Gasteiger partial charge in [-0.2, -0.15) is 4.31 Å². The number of ether oxygens (including phenoxy) is 1. The number of nitrogens with one attached hydrogen (secondary N) is 1. The van der Waals surface area contributed by atoms with E-state index in [0.717, 1.165) is 24.5 Å². The van der Waals surface area contributed by atoms with E-state index in [1.54, 1.807) is 48.4 Å². The van der Waals surface area contributed by atoms with E-state index in [2.05, 4.69) is 10.2 Å². The zero-order valence-electron chi connectivity index (χ0n) is 18.2. The smallest absolute Gasteiger partial charge is 0.243 e. The molecule has 1 atom stereocenters. The Morgan fingerprint density at radius 2 is 2.06 bits per heavy atom. The first-order valence-corrected chi connectivity index (χ1v) is 13.3. The van der Waals surface area contributed by atoms with E-state index >= 15 is 0 Å². The number of carbonyl (C=O) groups is 1. The lowest BCUT2D eigenvalue weighted by Crippen LogP contribution is -2.39. The number of anilines is 1. The average Bonchev–Trinajstić information content (AvgIpc) is 3.26. The van der Waals surface area contributed by atoms with E-state index < -0.39 is 10.0 Å². The Labute approximate surface area is 193 Å². The van der Waals surface area contributed by atoms with Gasteiger partial charge in [-0.25, -0.2) is 8.42 Å². The van der Waals surface area contributed by atoms with E-state index in [1.807, 2.05) is 6.92 Å². The molecule has 32 heavy (non-hydrogen) atoms. The molecule has 1 saturated heterocycles. The molecule has 8 nitrogen and oxygen atoms in total. The van der Waals surface area contributed by atoms with Crippen LogP contribution in [0.1, 0.15) is 19.1 Å². The van der Waals surface area contributed by atoms with Crippen LogP contribution >= 0.6 is 11.8 Å². The van der Waals surface area contributed by atoms with Gasteiger partial charge >= 0.3 is 0 Å². The molecule has 4 rings (SSSR count). The van der Waals surface area contributed by atoms with Crippen LogP contribution < -0.4 is 5.32 Å². The summed E-state index contributed by atoms with van der Waals surface area (Å²) in [5.74, 6) is 1.02. The van der Waals surface area contributed by atoms with Crippen LogP contribution in [0.2, 0.25) is 0 Å². The molecule has 1 N–H and O–H groups in total. The molecule has 0 saturated carbocycles. The summed E-state index contributed by atoms with van der Waals surface area (Å²) in [5, 5.41) is 2.88. The van der Waals surface area contributed by atoms with E-state index in [9.17, 15) is 13.2 Å². The first-order valence-electron chi connectivity index (χ1n) is 10.8. The Kier molecular flexibility index (Phi) is 7.57. The Morgan fingerprint density at radius 1 is 1.25 bits per heavy atom. The van der Waals surface area contributed by atoms with E-state index in [-0.39, 0.29) is 23.3 Å². The van der Waals surface area contributed by atoms with Crippen molar-refractivity contribution >= 4 is 33.4 Å². The molecule has 1 amide bonds. The van der Waals surface area contributed by atoms with Crippen molar-refractivity contribution in [3.63, 3.8) is 0 Å². The zero-order valence-corrected chi connectivity index (χ0v) is 19.8. The Bertz CT molecular complexity index is 1020. The van der Waals surface area contributed by atoms with Gasteiger partial charge in [-0.1, -0.05) is 6.92 Å². The van der Waals surface area contributed by atoms with Crippen LogP contribution in [0.4, 0.5) is 5.69 Å². The zero-order chi connectivity index (χ0) is 22.6. The molecule has 0 spiro atoms. The number of fused-ring (bicyclic) bond motifs is 1. The lowest BCUT2D eigenvalue weighted by Gasteiger charge is -2.28. The minimum absolute atomic E-state index is 0.0937. The predicted molar refractivity (Wildman–Crippen MR) is 123 cm³/mol. The van der Waals surface area contributed by atoms with Gasteiger partial charge in [0.15, 0.2) is 0 Å². The van der Waals surface area contributed by atoms with Crippen LogP contribution in [0.15, 0.2) is 50.8 Å². The maximum absolute atomic E-state index is 13.6. The third-order valence-electron chi connectivity index (χ3n) is 5.68. The third kappa shape index (κ3) is 5.55. The fourth-order valence-electron chi connectivity index (χ4n) is 3.74. The fourth-order valence-corrected chi connectivity index (χ4v) is 6.23. The van der Waals surface area contributed by atoms with Gasteiger partial charge in [0.25, 0.3) is 0 Å². The van der Waals surface area contributed by atoms with Crippen molar-refractivity contribution in [2.24, 2.45) is 5.92 Å². The minimum atomic E-state index is -3.79. The van der Waals surface area contributed by atoms with Gasteiger partial charge < -0.3 is 14.5 Å². The SMILES string of the molecule is C[C@H]1CSc2ccc(S(=O)(=O)N(CCCN3CCOCC3)Cc3ccco3)cc2NC1=O. The minimum Gasteiger partial charge on any atom is -0.468 e. The van der Waals surface area contributed by atoms with Gasteiger partial charge in [0.05, 0.1) is 36.6 Å². The van der Waals surface area contributed by atoms with Crippen LogP contribution in [0.25, 0.3) is 0 Å². The summed E-state index contributed by atoms with van der Waals surface area (Å²) in [6.45, 7) is 6.37. The molecule has 10 heteroatoms. The summed E-state index contributed by atoms with van der Waals surface area (Å²) < 4.78 is 39.5. The number of rotatable bonds is 8. The molecule has 0 unspecified atom stereocenters. The lowest BCUT2D eigenvalue weighted by molar-refractivity contribution is -0.118. The largest absolute Gasteiger partial charge is 0.468 e. The average molecular weight is 480 g/mol. The highest BCUT2D eigenvalue weighted by Gasteiger charge is 2.28. The van der Waals surface area contributed by atoms with Crippen molar-refractivity contribution in [3.05, 3.63) is 42.4 Å². The van der Waals surface area contributed by atoms with Gasteiger partial charge in [0.1, 0.15) is 5.76 Å². The van der Waals surface area contributed by atoms with Crippen LogP contribution in [0.5, 0.6) is 0 Å². The van der Waals surface area contributed by atoms with Crippen LogP contribution in [-0.4, -0.2) is 68.7 Å². The summed E-state index contributed by atoms with van der Waals surface area (Å²) in [4.78, 5) is 15.6. The van der Waals surface area contributed by atoms with Crippen LogP contribution in [0.3, 0.4) is 0 Å². The maximum Gasteiger partial charge on any atom is 0.243 e. The van der Waals surface area contributed by atoms with Gasteiger partial charge in [-0.3, -0.25) is 9.69 Å². The van der Waals surface area contributed by atoms with Crippen molar-refractivity contribution in [1.82, 2.24) is 9.21 Å². The quantitative estimate of drug-likeness (QED) is 0.622. The molecule has 0 aliphatic carbocycles. The van der Waals surface area contributed by atoms with Gasteiger partial charge in [-0.15, -0.1) is 11.8 Å². The highest BCUT2D eigenvalue weighted by Crippen LogP contribution is 2.35. The standard InChI is InChI=1S/C22H29N3O5S2/c1-17-16-31-21-6-5-19(14-20(21)23-22(17)26)32(27,28)25(15-18-4-2-11-30-18)8-3-7-24-9-12-29-13-10-24/h2,4-6,11,14,17H,3,7-10,12-13,15-16H2,1H3,(H,23,26)/t17-/m0/s1. The second-order valence-corrected chi connectivity index (χ2v) is 11.1. The summed E-state index contributed by atoms with van der Waals surface area (Å²) in [7, 11) is -3.79. The predicted octanol–water partition coefficient (Wildman–Crippen LogP) is 2.87. The summed E-state index contributed by atoms with van der Waals surface area (Å²) in [5.41, 5.74) is 0.552. The monoisotopic (exact) mass is 479 g/mol. The Hall–Kier alpha value is -1.85. The molecule has 0 bridgehead atoms. The highest BCUT2D eigenvalue weighted by atomic mass is 32.2. The lowest BCUT2D eigenvalue weighted by atomic mass is 10.2. The van der Waals surface area contributed by atoms with Crippen molar-refractivity contribution in [3.8, 4) is 0 Å². The van der Waals surface area contributed by atoms with Crippen molar-refractivity contribution in [2.75, 3.05) is 50.5 Å². The highest BCUT2D eigenvalue weighted by molar-refractivity contribution is 7.99. The molecule has 174 valence electrons. The Balaban J connectivity index is 1.53. The number of morpholine rings is 1. The molecule has 3 heterocycles. The summed E-state index contributed by atoms with van der Waals surface area (Å²) in [6.07, 6.45) is 2.25. The normalized spacial score (nSPS) is 20.1. The number of hydrogen-bond acceptors (Lipinski definition) is 7. The van der Waals surface area contributed by atoms with E-state index in [4.69, 9.17) is 9.15 Å². The number of benzene rings is 1. The Morgan fingerprint density at radius 3 is 2.81 bits per heavy atom. The first-order chi connectivity index (χ1) is 15.4. The molecule has 0 radical (unpaired) electrons. The molecule has 1 aromatic carbocycles. The number of sulfonamides is 1. The molecule has 1 aromatic heterocycles. The van der Waals surface area contributed by atoms with E-state index in [0.29, 0.717) is 43.4 Å². The second kappa shape index (κ2) is 10.4. The van der Waals surface area contributed by atoms with Gasteiger partial charge in [0.2, 0.25) is 15.9 Å². The van der Waals surface area contributed by atoms with E-state index in [1.165, 1.54) is 4.31 Å². The number of hydrogen-bond donors (Lipinski definition) is 1. The number of carbonyl (C=O) groups excluding carboxylic acids is 1. The van der Waals surface area contributed by atoms with Gasteiger partial charge in [-0.05, 0) is 43.3 Å². The number of furan rings is 1. The number of nitrogens with zero attached hydrogens (tertiary/aromatic N) is 2. The third-order valence-corrected chi connectivity index (χ3v) is 8.86.